The molecule has 0 unspecified atom stereocenters. The van der Waals surface area contributed by atoms with E-state index in [9.17, 15) is 4.79 Å². The summed E-state index contributed by atoms with van der Waals surface area (Å²) in [6, 6.07) is 13.9. The summed E-state index contributed by atoms with van der Waals surface area (Å²) in [5.74, 6) is 0.207. The molecule has 4 nitrogen and oxygen atoms in total. The maximum absolute atomic E-state index is 11.6. The van der Waals surface area contributed by atoms with E-state index in [1.54, 1.807) is 0 Å². The van der Waals surface area contributed by atoms with E-state index in [4.69, 9.17) is 9.52 Å². The van der Waals surface area contributed by atoms with Gasteiger partial charge in [0.1, 0.15) is 11.2 Å². The minimum Gasteiger partial charge on any atom is -0.455 e. The van der Waals surface area contributed by atoms with E-state index in [1.807, 2.05) is 42.5 Å². The number of nitrogens with one attached hydrogen (secondary N) is 1. The quantitative estimate of drug-likeness (QED) is 0.711. The summed E-state index contributed by atoms with van der Waals surface area (Å²) in [5, 5.41) is 13.5. The molecule has 0 saturated heterocycles. The Balaban J connectivity index is 1.87. The topological polar surface area (TPSA) is 62.5 Å². The molecule has 0 aliphatic carbocycles. The largest absolute Gasteiger partial charge is 0.455 e. The third-order valence-corrected chi connectivity index (χ3v) is 4.20. The number of furan rings is 1. The van der Waals surface area contributed by atoms with Gasteiger partial charge in [0.05, 0.1) is 17.3 Å². The second-order valence-corrected chi connectivity index (χ2v) is 5.61. The molecule has 0 bridgehead atoms. The van der Waals surface area contributed by atoms with Crippen LogP contribution in [0.2, 0.25) is 0 Å². The number of para-hydroxylation sites is 2. The van der Waals surface area contributed by atoms with Gasteiger partial charge < -0.3 is 14.8 Å². The van der Waals surface area contributed by atoms with Crippen LogP contribution < -0.4 is 5.32 Å². The van der Waals surface area contributed by atoms with Gasteiger partial charge in [-0.3, -0.25) is 4.79 Å². The molecule has 1 amide bonds. The molecule has 0 fully saturated rings. The van der Waals surface area contributed by atoms with Gasteiger partial charge in [0.25, 0.3) is 0 Å². The molecular weight excluding hydrogens is 286 g/mol. The van der Waals surface area contributed by atoms with Crippen molar-refractivity contribution in [3.63, 3.8) is 0 Å². The number of benzene rings is 2. The highest BCUT2D eigenvalue weighted by atomic mass is 32.2. The summed E-state index contributed by atoms with van der Waals surface area (Å²) in [6.45, 7) is 0.240. The van der Waals surface area contributed by atoms with E-state index in [1.165, 1.54) is 11.8 Å². The lowest BCUT2D eigenvalue weighted by atomic mass is 10.1. The van der Waals surface area contributed by atoms with Crippen LogP contribution in [-0.2, 0) is 4.79 Å². The number of rotatable bonds is 5. The summed E-state index contributed by atoms with van der Waals surface area (Å²) in [4.78, 5) is 12.6. The zero-order chi connectivity index (χ0) is 14.7. The van der Waals surface area contributed by atoms with Crippen molar-refractivity contribution < 1.29 is 14.3 Å². The number of aliphatic hydroxyl groups is 1. The fraction of sp³-hybridized carbons (Fsp3) is 0.188. The Kier molecular flexibility index (Phi) is 4.13. The van der Waals surface area contributed by atoms with Crippen LogP contribution in [0.4, 0.5) is 0 Å². The molecule has 108 valence electrons. The molecule has 1 aromatic heterocycles. The number of hydrogen-bond acceptors (Lipinski definition) is 4. The number of amides is 1. The SMILES string of the molecule is O=C(CSc1cccc2c1oc1ccccc12)NCCO. The Labute approximate surface area is 126 Å². The second kappa shape index (κ2) is 6.20. The molecule has 21 heavy (non-hydrogen) atoms. The van der Waals surface area contributed by atoms with E-state index in [2.05, 4.69) is 5.32 Å². The van der Waals surface area contributed by atoms with Crippen molar-refractivity contribution >= 4 is 39.6 Å². The van der Waals surface area contributed by atoms with Crippen LogP contribution in [0, 0.1) is 0 Å². The predicted molar refractivity (Wildman–Crippen MR) is 84.5 cm³/mol. The van der Waals surface area contributed by atoms with Crippen LogP contribution in [0.15, 0.2) is 51.8 Å². The van der Waals surface area contributed by atoms with Gasteiger partial charge in [-0.15, -0.1) is 11.8 Å². The number of aliphatic hydroxyl groups excluding tert-OH is 1. The van der Waals surface area contributed by atoms with Crippen molar-refractivity contribution in [2.24, 2.45) is 0 Å². The van der Waals surface area contributed by atoms with E-state index in [0.29, 0.717) is 5.75 Å². The van der Waals surface area contributed by atoms with Crippen LogP contribution in [0.25, 0.3) is 21.9 Å². The minimum absolute atomic E-state index is 0.0461. The molecule has 1 heterocycles. The first kappa shape index (κ1) is 14.0. The van der Waals surface area contributed by atoms with Gasteiger partial charge >= 0.3 is 0 Å². The summed E-state index contributed by atoms with van der Waals surface area (Å²) < 4.78 is 5.90. The Hall–Kier alpha value is -1.98. The second-order valence-electron chi connectivity index (χ2n) is 4.59. The zero-order valence-electron chi connectivity index (χ0n) is 11.3. The van der Waals surface area contributed by atoms with Crippen molar-refractivity contribution in [2.45, 2.75) is 4.90 Å². The van der Waals surface area contributed by atoms with Crippen molar-refractivity contribution in [3.05, 3.63) is 42.5 Å². The van der Waals surface area contributed by atoms with Gasteiger partial charge in [0.15, 0.2) is 0 Å². The molecule has 0 radical (unpaired) electrons. The third-order valence-electron chi connectivity index (χ3n) is 3.16. The Morgan fingerprint density at radius 2 is 1.95 bits per heavy atom. The van der Waals surface area contributed by atoms with Gasteiger partial charge in [0, 0.05) is 17.3 Å². The molecule has 0 aliphatic heterocycles. The summed E-state index contributed by atoms with van der Waals surface area (Å²) >= 11 is 1.44. The summed E-state index contributed by atoms with van der Waals surface area (Å²) in [7, 11) is 0. The highest BCUT2D eigenvalue weighted by Gasteiger charge is 2.11. The van der Waals surface area contributed by atoms with E-state index in [0.717, 1.165) is 26.8 Å². The number of fused-ring (bicyclic) bond motifs is 3. The van der Waals surface area contributed by atoms with Crippen molar-refractivity contribution in [1.82, 2.24) is 5.32 Å². The molecule has 3 rings (SSSR count). The molecular formula is C16H15NO3S. The lowest BCUT2D eigenvalue weighted by Gasteiger charge is -2.03. The molecule has 5 heteroatoms. The van der Waals surface area contributed by atoms with Crippen molar-refractivity contribution in [3.8, 4) is 0 Å². The van der Waals surface area contributed by atoms with E-state index in [-0.39, 0.29) is 19.1 Å². The predicted octanol–water partition coefficient (Wildman–Crippen LogP) is 2.79. The Morgan fingerprint density at radius 1 is 1.14 bits per heavy atom. The Bertz CT molecular complexity index is 781. The van der Waals surface area contributed by atoms with E-state index >= 15 is 0 Å². The Morgan fingerprint density at radius 3 is 2.81 bits per heavy atom. The lowest BCUT2D eigenvalue weighted by Crippen LogP contribution is -2.27. The first-order chi connectivity index (χ1) is 10.3. The van der Waals surface area contributed by atoms with Crippen LogP contribution >= 0.6 is 11.8 Å². The molecule has 3 aromatic rings. The fourth-order valence-corrected chi connectivity index (χ4v) is 3.07. The lowest BCUT2D eigenvalue weighted by molar-refractivity contribution is -0.118. The normalized spacial score (nSPS) is 11.1. The maximum Gasteiger partial charge on any atom is 0.230 e. The molecule has 0 aliphatic rings. The first-order valence-corrected chi connectivity index (χ1v) is 7.69. The standard InChI is InChI=1S/C16H15NO3S/c18-9-8-17-15(19)10-21-14-7-3-5-12-11-4-1-2-6-13(11)20-16(12)14/h1-7,18H,8-10H2,(H,17,19). The monoisotopic (exact) mass is 301 g/mol. The number of thioether (sulfide) groups is 1. The van der Waals surface area contributed by atoms with Crippen LogP contribution in [0.1, 0.15) is 0 Å². The van der Waals surface area contributed by atoms with Crippen molar-refractivity contribution in [1.29, 1.82) is 0 Å². The highest BCUT2D eigenvalue weighted by molar-refractivity contribution is 8.00. The minimum atomic E-state index is -0.0952. The van der Waals surface area contributed by atoms with Crippen LogP contribution in [0.5, 0.6) is 0 Å². The molecule has 0 spiro atoms. The first-order valence-electron chi connectivity index (χ1n) is 6.70. The highest BCUT2D eigenvalue weighted by Crippen LogP contribution is 2.34. The van der Waals surface area contributed by atoms with Gasteiger partial charge in [-0.2, -0.15) is 0 Å². The van der Waals surface area contributed by atoms with Crippen LogP contribution in [0.3, 0.4) is 0 Å². The number of hydrogen-bond donors (Lipinski definition) is 2. The average molecular weight is 301 g/mol. The number of carbonyl (C=O) groups excluding carboxylic acids is 1. The van der Waals surface area contributed by atoms with E-state index < -0.39 is 0 Å². The average Bonchev–Trinajstić information content (AvgIpc) is 2.90. The number of carbonyl (C=O) groups is 1. The zero-order valence-corrected chi connectivity index (χ0v) is 12.2. The molecule has 0 saturated carbocycles. The third kappa shape index (κ3) is 2.89. The summed E-state index contributed by atoms with van der Waals surface area (Å²) in [5.41, 5.74) is 1.67. The van der Waals surface area contributed by atoms with Gasteiger partial charge in [-0.1, -0.05) is 30.3 Å². The maximum atomic E-state index is 11.6. The molecule has 2 N–H and O–H groups in total. The molecule has 2 aromatic carbocycles. The van der Waals surface area contributed by atoms with Gasteiger partial charge in [0.2, 0.25) is 5.91 Å². The van der Waals surface area contributed by atoms with Crippen LogP contribution in [-0.4, -0.2) is 29.9 Å². The fourth-order valence-electron chi connectivity index (χ4n) is 2.22. The van der Waals surface area contributed by atoms with Gasteiger partial charge in [-0.05, 0) is 12.1 Å². The smallest absolute Gasteiger partial charge is 0.230 e. The summed E-state index contributed by atoms with van der Waals surface area (Å²) in [6.07, 6.45) is 0. The molecule has 0 atom stereocenters. The van der Waals surface area contributed by atoms with Crippen molar-refractivity contribution in [2.75, 3.05) is 18.9 Å². The van der Waals surface area contributed by atoms with Gasteiger partial charge in [-0.25, -0.2) is 0 Å².